The molecule has 0 spiro atoms. The van der Waals surface area contributed by atoms with Crippen LogP contribution in [-0.2, 0) is 5.41 Å². The number of aromatic nitrogens is 2. The Morgan fingerprint density at radius 2 is 1.47 bits per heavy atom. The van der Waals surface area contributed by atoms with Crippen molar-refractivity contribution < 1.29 is 0 Å². The van der Waals surface area contributed by atoms with E-state index in [9.17, 15) is 0 Å². The number of aryl methyl sites for hydroxylation is 2. The van der Waals surface area contributed by atoms with Crippen LogP contribution in [0.3, 0.4) is 0 Å². The summed E-state index contributed by atoms with van der Waals surface area (Å²) in [6.07, 6.45) is 0. The monoisotopic (exact) mass is 488 g/mol. The van der Waals surface area contributed by atoms with E-state index in [1.165, 1.54) is 71.6 Å². The number of nitrogens with zero attached hydrogens (tertiary/aromatic N) is 2. The Balaban J connectivity index is 1.44. The van der Waals surface area contributed by atoms with Crippen molar-refractivity contribution in [2.45, 2.75) is 33.1 Å². The first-order chi connectivity index (χ1) is 18.4. The Morgan fingerprint density at radius 3 is 2.37 bits per heavy atom. The molecule has 0 saturated heterocycles. The summed E-state index contributed by atoms with van der Waals surface area (Å²) in [5.41, 5.74) is 13.6. The van der Waals surface area contributed by atoms with Gasteiger partial charge in [0.1, 0.15) is 0 Å². The summed E-state index contributed by atoms with van der Waals surface area (Å²) in [6.45, 7) is 9.17. The third kappa shape index (κ3) is 2.80. The van der Waals surface area contributed by atoms with Crippen LogP contribution < -0.4 is 0 Å². The van der Waals surface area contributed by atoms with Crippen molar-refractivity contribution in [1.29, 1.82) is 0 Å². The van der Waals surface area contributed by atoms with Crippen LogP contribution in [0.4, 0.5) is 0 Å². The van der Waals surface area contributed by atoms with Gasteiger partial charge in [-0.2, -0.15) is 0 Å². The van der Waals surface area contributed by atoms with E-state index in [0.29, 0.717) is 0 Å². The molecule has 0 saturated carbocycles. The molecule has 0 fully saturated rings. The quantitative estimate of drug-likeness (QED) is 0.210. The largest absolute Gasteiger partial charge is 0.309 e. The van der Waals surface area contributed by atoms with Crippen molar-refractivity contribution in [2.24, 2.45) is 0 Å². The normalized spacial score (nSPS) is 14.0. The fourth-order valence-electron chi connectivity index (χ4n) is 6.71. The summed E-state index contributed by atoms with van der Waals surface area (Å²) in [7, 11) is 0. The molecular formula is C36H28N2. The van der Waals surface area contributed by atoms with Gasteiger partial charge in [0.05, 0.1) is 27.8 Å². The number of hydrogen-bond donors (Lipinski definition) is 0. The summed E-state index contributed by atoms with van der Waals surface area (Å²) in [5, 5.41) is 5.04. The molecule has 0 amide bonds. The number of para-hydroxylation sites is 2. The molecule has 7 aromatic rings. The minimum atomic E-state index is -0.139. The Kier molecular flexibility index (Phi) is 4.17. The molecule has 0 N–H and O–H groups in total. The summed E-state index contributed by atoms with van der Waals surface area (Å²) >= 11 is 0. The first-order valence-electron chi connectivity index (χ1n) is 13.4. The summed E-state index contributed by atoms with van der Waals surface area (Å²) in [6, 6.07) is 35.8. The Labute approximate surface area is 222 Å². The highest BCUT2D eigenvalue weighted by Gasteiger charge is 2.35. The third-order valence-electron chi connectivity index (χ3n) is 8.60. The van der Waals surface area contributed by atoms with E-state index in [0.717, 1.165) is 11.0 Å². The fraction of sp³-hybridized carbons (Fsp3) is 0.139. The van der Waals surface area contributed by atoms with Crippen molar-refractivity contribution in [3.8, 4) is 16.8 Å². The molecule has 1 aliphatic rings. The minimum absolute atomic E-state index is 0.139. The number of fused-ring (bicyclic) bond motifs is 7. The van der Waals surface area contributed by atoms with Gasteiger partial charge in [0, 0.05) is 32.5 Å². The van der Waals surface area contributed by atoms with Crippen molar-refractivity contribution >= 4 is 43.6 Å². The third-order valence-corrected chi connectivity index (χ3v) is 8.60. The minimum Gasteiger partial charge on any atom is -0.309 e. The second-order valence-corrected chi connectivity index (χ2v) is 11.5. The van der Waals surface area contributed by atoms with Crippen LogP contribution in [0, 0.1) is 13.8 Å². The average molecular weight is 489 g/mol. The van der Waals surface area contributed by atoms with Crippen molar-refractivity contribution in [1.82, 2.24) is 9.55 Å². The molecule has 8 rings (SSSR count). The van der Waals surface area contributed by atoms with Gasteiger partial charge in [0.2, 0.25) is 0 Å². The lowest BCUT2D eigenvalue weighted by molar-refractivity contribution is 0.630. The Hall–Kier alpha value is -4.43. The van der Waals surface area contributed by atoms with Crippen LogP contribution in [0.1, 0.15) is 36.1 Å². The number of pyridine rings is 1. The topological polar surface area (TPSA) is 17.8 Å². The molecule has 3 heterocycles. The maximum atomic E-state index is 5.12. The van der Waals surface area contributed by atoms with Crippen LogP contribution in [0.2, 0.25) is 0 Å². The lowest BCUT2D eigenvalue weighted by Gasteiger charge is -2.35. The molecule has 0 unspecified atom stereocenters. The highest BCUT2D eigenvalue weighted by atomic mass is 15.0. The molecule has 2 heteroatoms. The molecule has 38 heavy (non-hydrogen) atoms. The number of rotatable bonds is 1. The van der Waals surface area contributed by atoms with Crippen LogP contribution in [0.15, 0.2) is 97.1 Å². The van der Waals surface area contributed by atoms with Crippen LogP contribution in [-0.4, -0.2) is 9.55 Å². The smallest absolute Gasteiger partial charge is 0.0788 e. The second kappa shape index (κ2) is 7.33. The highest BCUT2D eigenvalue weighted by molar-refractivity contribution is 6.12. The molecule has 2 aromatic heterocycles. The van der Waals surface area contributed by atoms with E-state index in [1.807, 2.05) is 0 Å². The maximum absolute atomic E-state index is 5.12. The first kappa shape index (κ1) is 21.6. The average Bonchev–Trinajstić information content (AvgIpc) is 3.23. The van der Waals surface area contributed by atoms with Gasteiger partial charge in [-0.3, -0.25) is 0 Å². The summed E-state index contributed by atoms with van der Waals surface area (Å²) < 4.78 is 2.50. The van der Waals surface area contributed by atoms with Gasteiger partial charge in [0.15, 0.2) is 0 Å². The molecule has 0 radical (unpaired) electrons. The van der Waals surface area contributed by atoms with Gasteiger partial charge >= 0.3 is 0 Å². The van der Waals surface area contributed by atoms with Crippen LogP contribution in [0.25, 0.3) is 60.4 Å². The van der Waals surface area contributed by atoms with E-state index in [-0.39, 0.29) is 5.41 Å². The maximum Gasteiger partial charge on any atom is 0.0788 e. The van der Waals surface area contributed by atoms with Gasteiger partial charge in [-0.25, -0.2) is 4.98 Å². The molecule has 0 atom stereocenters. The lowest BCUT2D eigenvalue weighted by Crippen LogP contribution is -2.26. The van der Waals surface area contributed by atoms with Gasteiger partial charge in [-0.1, -0.05) is 79.6 Å². The molecule has 5 aromatic carbocycles. The van der Waals surface area contributed by atoms with E-state index >= 15 is 0 Å². The van der Waals surface area contributed by atoms with Crippen molar-refractivity contribution in [3.63, 3.8) is 0 Å². The van der Waals surface area contributed by atoms with E-state index in [1.54, 1.807) is 0 Å². The van der Waals surface area contributed by atoms with E-state index in [4.69, 9.17) is 4.98 Å². The van der Waals surface area contributed by atoms with Crippen molar-refractivity contribution in [3.05, 3.63) is 119 Å². The molecule has 1 aliphatic heterocycles. The summed E-state index contributed by atoms with van der Waals surface area (Å²) in [5.74, 6) is 0. The molecule has 182 valence electrons. The number of hydrogen-bond acceptors (Lipinski definition) is 1. The lowest BCUT2D eigenvalue weighted by atomic mass is 9.73. The Bertz CT molecular complexity index is 2120. The molecule has 2 nitrogen and oxygen atoms in total. The summed E-state index contributed by atoms with van der Waals surface area (Å²) in [4.78, 5) is 5.12. The van der Waals surface area contributed by atoms with Gasteiger partial charge in [0.25, 0.3) is 0 Å². The fourth-order valence-corrected chi connectivity index (χ4v) is 6.71. The SMILES string of the molecule is Cc1ccc2c(c1)c1cc(C)cc3c1n2-c1ccc(-c2cccc4cc5ccccc5nc24)cc1C3(C)C. The second-order valence-electron chi connectivity index (χ2n) is 11.5. The van der Waals surface area contributed by atoms with Gasteiger partial charge < -0.3 is 4.57 Å². The zero-order valence-electron chi connectivity index (χ0n) is 22.1. The Morgan fingerprint density at radius 1 is 0.658 bits per heavy atom. The highest BCUT2D eigenvalue weighted by Crippen LogP contribution is 2.49. The predicted octanol–water partition coefficient (Wildman–Crippen LogP) is 9.41. The number of benzene rings is 5. The van der Waals surface area contributed by atoms with Crippen molar-refractivity contribution in [2.75, 3.05) is 0 Å². The first-order valence-corrected chi connectivity index (χ1v) is 13.4. The van der Waals surface area contributed by atoms with Crippen LogP contribution in [0.5, 0.6) is 0 Å². The zero-order chi connectivity index (χ0) is 25.8. The van der Waals surface area contributed by atoms with E-state index < -0.39 is 0 Å². The zero-order valence-corrected chi connectivity index (χ0v) is 22.1. The van der Waals surface area contributed by atoms with Gasteiger partial charge in [-0.05, 0) is 73.0 Å². The molecule has 0 bridgehead atoms. The van der Waals surface area contributed by atoms with E-state index in [2.05, 4.69) is 129 Å². The standard InChI is InChI=1S/C36H28N2/c1-21-12-14-32-27(16-21)28-17-22(2)18-30-35(28)38(32)33-15-13-23(20-29(33)36(30,3)4)26-10-7-9-25-19-24-8-5-6-11-31(24)37-34(25)26/h5-20H,1-4H3. The molecular weight excluding hydrogens is 460 g/mol. The molecule has 0 aliphatic carbocycles. The van der Waals surface area contributed by atoms with Crippen LogP contribution >= 0.6 is 0 Å². The predicted molar refractivity (Wildman–Crippen MR) is 161 cm³/mol. The van der Waals surface area contributed by atoms with Gasteiger partial charge in [-0.15, -0.1) is 0 Å².